The molecular weight excluding hydrogens is 757 g/mol. The molecule has 0 N–H and O–H groups in total. The summed E-state index contributed by atoms with van der Waals surface area (Å²) in [4.78, 5) is 15.7. The molecule has 0 bridgehead atoms. The molecule has 298 valence electrons. The van der Waals surface area contributed by atoms with Crippen molar-refractivity contribution in [3.05, 3.63) is 181 Å². The van der Waals surface area contributed by atoms with Crippen LogP contribution in [0.5, 0.6) is 0 Å². The first kappa shape index (κ1) is 36.5. The number of aromatic nitrogens is 4. The molecular formula is C57H44N4O. The van der Waals surface area contributed by atoms with E-state index < -0.39 is 0 Å². The van der Waals surface area contributed by atoms with Crippen LogP contribution in [0.15, 0.2) is 174 Å². The monoisotopic (exact) mass is 800 g/mol. The Balaban J connectivity index is 1.05. The molecule has 3 heterocycles. The van der Waals surface area contributed by atoms with Crippen molar-refractivity contribution in [2.45, 2.75) is 51.4 Å². The topological polar surface area (TPSA) is 56.7 Å². The Kier molecular flexibility index (Phi) is 7.98. The summed E-state index contributed by atoms with van der Waals surface area (Å²) in [6.07, 6.45) is 2.34. The molecule has 0 spiro atoms. The number of hydrogen-bond acceptors (Lipinski definition) is 4. The molecule has 0 saturated carbocycles. The molecule has 0 aliphatic heterocycles. The van der Waals surface area contributed by atoms with Crippen molar-refractivity contribution in [2.24, 2.45) is 0 Å². The van der Waals surface area contributed by atoms with Gasteiger partial charge in [-0.15, -0.1) is 0 Å². The Labute approximate surface area is 360 Å². The minimum absolute atomic E-state index is 0.0827. The van der Waals surface area contributed by atoms with E-state index in [1.54, 1.807) is 0 Å². The predicted octanol–water partition coefficient (Wildman–Crippen LogP) is 15.0. The molecule has 62 heavy (non-hydrogen) atoms. The lowest BCUT2D eigenvalue weighted by molar-refractivity contribution is 0.332. The summed E-state index contributed by atoms with van der Waals surface area (Å²) in [6, 6.07) is 60.3. The van der Waals surface area contributed by atoms with Crippen molar-refractivity contribution in [1.82, 2.24) is 19.5 Å². The first-order valence-electron chi connectivity index (χ1n) is 21.7. The van der Waals surface area contributed by atoms with E-state index in [0.717, 1.165) is 72.6 Å². The SMILES string of the molecule is CC1(C)CCC(C)(C)c2cc3c(cc21)c1ccccc1n3-c1ccc(-c2nc(-c3ccccc3)nc(-c3cccc(-c4cccc5c4oc4ccccc45)c3)n2)c2ccccc12. The zero-order valence-electron chi connectivity index (χ0n) is 35.3. The molecule has 0 atom stereocenters. The minimum atomic E-state index is 0.0827. The summed E-state index contributed by atoms with van der Waals surface area (Å²) in [5, 5.41) is 6.99. The molecule has 5 nitrogen and oxygen atoms in total. The van der Waals surface area contributed by atoms with Gasteiger partial charge in [0.15, 0.2) is 17.5 Å². The van der Waals surface area contributed by atoms with Crippen LogP contribution in [-0.2, 0) is 10.8 Å². The summed E-state index contributed by atoms with van der Waals surface area (Å²) >= 11 is 0. The predicted molar refractivity (Wildman–Crippen MR) is 256 cm³/mol. The highest BCUT2D eigenvalue weighted by molar-refractivity contribution is 6.12. The van der Waals surface area contributed by atoms with E-state index in [2.05, 4.69) is 172 Å². The first-order chi connectivity index (χ1) is 30.2. The number of hydrogen-bond donors (Lipinski definition) is 0. The van der Waals surface area contributed by atoms with Gasteiger partial charge in [0.2, 0.25) is 0 Å². The molecule has 0 unspecified atom stereocenters. The van der Waals surface area contributed by atoms with Crippen molar-refractivity contribution in [3.8, 4) is 51.0 Å². The van der Waals surface area contributed by atoms with Crippen LogP contribution in [0, 0.1) is 0 Å². The zero-order valence-corrected chi connectivity index (χ0v) is 35.3. The number of nitrogens with zero attached hydrogens (tertiary/aromatic N) is 4. The lowest BCUT2D eigenvalue weighted by Gasteiger charge is -2.42. The van der Waals surface area contributed by atoms with Gasteiger partial charge in [-0.3, -0.25) is 0 Å². The third-order valence-corrected chi connectivity index (χ3v) is 13.5. The molecule has 11 aromatic rings. The second-order valence-corrected chi connectivity index (χ2v) is 18.2. The van der Waals surface area contributed by atoms with Gasteiger partial charge in [-0.25, -0.2) is 15.0 Å². The standard InChI is InChI=1S/C57H44N4O/c1-56(2)30-31-57(3,4)47-34-50-45(33-46(47)56)41-22-10-12-26-48(41)61(50)49-29-28-44(39-20-8-9-21-40(39)49)55-59-53(35-16-6-5-7-17-35)58-54(60-55)37-19-14-18-36(32-37)38-24-15-25-43-42-23-11-13-27-51(42)62-52(38)43/h5-29,32-34H,30-31H2,1-4H3. The van der Waals surface area contributed by atoms with Crippen LogP contribution < -0.4 is 0 Å². The summed E-state index contributed by atoms with van der Waals surface area (Å²) in [7, 11) is 0. The van der Waals surface area contributed by atoms with Crippen LogP contribution in [-0.4, -0.2) is 19.5 Å². The maximum atomic E-state index is 6.46. The molecule has 0 radical (unpaired) electrons. The van der Waals surface area contributed by atoms with Crippen LogP contribution in [0.4, 0.5) is 0 Å². The van der Waals surface area contributed by atoms with Crippen LogP contribution in [0.3, 0.4) is 0 Å². The van der Waals surface area contributed by atoms with Crippen molar-refractivity contribution in [2.75, 3.05) is 0 Å². The second kappa shape index (κ2) is 13.6. The van der Waals surface area contributed by atoms with Gasteiger partial charge in [0, 0.05) is 49.2 Å². The van der Waals surface area contributed by atoms with Gasteiger partial charge in [0.05, 0.1) is 16.7 Å². The number of para-hydroxylation sites is 3. The molecule has 0 amide bonds. The quantitative estimate of drug-likeness (QED) is 0.174. The van der Waals surface area contributed by atoms with E-state index in [9.17, 15) is 0 Å². The number of fused-ring (bicyclic) bond motifs is 8. The lowest BCUT2D eigenvalue weighted by atomic mass is 9.63. The largest absolute Gasteiger partial charge is 0.455 e. The van der Waals surface area contributed by atoms with E-state index in [1.807, 2.05) is 30.3 Å². The van der Waals surface area contributed by atoms with Gasteiger partial charge in [-0.05, 0) is 88.2 Å². The second-order valence-electron chi connectivity index (χ2n) is 18.2. The van der Waals surface area contributed by atoms with Gasteiger partial charge in [0.1, 0.15) is 11.2 Å². The summed E-state index contributed by atoms with van der Waals surface area (Å²) in [5.41, 5.74) is 13.3. The normalized spacial score (nSPS) is 14.6. The molecule has 0 fully saturated rings. The Morgan fingerprint density at radius 3 is 1.82 bits per heavy atom. The zero-order chi connectivity index (χ0) is 41.7. The Bertz CT molecular complexity index is 3590. The third-order valence-electron chi connectivity index (χ3n) is 13.5. The minimum Gasteiger partial charge on any atom is -0.455 e. The smallest absolute Gasteiger partial charge is 0.164 e. The van der Waals surface area contributed by atoms with E-state index in [4.69, 9.17) is 19.4 Å². The highest BCUT2D eigenvalue weighted by atomic mass is 16.3. The average Bonchev–Trinajstić information content (AvgIpc) is 3.86. The maximum absolute atomic E-state index is 6.46. The van der Waals surface area contributed by atoms with E-state index in [0.29, 0.717) is 17.5 Å². The maximum Gasteiger partial charge on any atom is 0.164 e. The number of furan rings is 1. The van der Waals surface area contributed by atoms with Gasteiger partial charge in [-0.2, -0.15) is 0 Å². The van der Waals surface area contributed by atoms with E-state index in [-0.39, 0.29) is 10.8 Å². The van der Waals surface area contributed by atoms with E-state index in [1.165, 1.54) is 39.4 Å². The fourth-order valence-corrected chi connectivity index (χ4v) is 10.1. The molecule has 8 aromatic carbocycles. The van der Waals surface area contributed by atoms with Crippen molar-refractivity contribution < 1.29 is 4.42 Å². The molecule has 1 aliphatic carbocycles. The molecule has 3 aromatic heterocycles. The Hall–Kier alpha value is -7.37. The van der Waals surface area contributed by atoms with Crippen LogP contribution in [0.25, 0.3) is 105 Å². The van der Waals surface area contributed by atoms with E-state index >= 15 is 0 Å². The number of rotatable bonds is 5. The van der Waals surface area contributed by atoms with Crippen LogP contribution in [0.1, 0.15) is 51.7 Å². The summed E-state index contributed by atoms with van der Waals surface area (Å²) in [5.74, 6) is 1.86. The van der Waals surface area contributed by atoms with Crippen molar-refractivity contribution in [1.29, 1.82) is 0 Å². The highest BCUT2D eigenvalue weighted by Crippen LogP contribution is 2.49. The molecule has 0 saturated heterocycles. The summed E-state index contributed by atoms with van der Waals surface area (Å²) in [6.45, 7) is 9.64. The third kappa shape index (κ3) is 5.65. The first-order valence-corrected chi connectivity index (χ1v) is 21.7. The van der Waals surface area contributed by atoms with Crippen molar-refractivity contribution >= 4 is 54.5 Å². The fraction of sp³-hybridized carbons (Fsp3) is 0.140. The van der Waals surface area contributed by atoms with Gasteiger partial charge >= 0.3 is 0 Å². The van der Waals surface area contributed by atoms with Crippen molar-refractivity contribution in [3.63, 3.8) is 0 Å². The molecule has 12 rings (SSSR count). The molecule has 1 aliphatic rings. The van der Waals surface area contributed by atoms with Crippen LogP contribution in [0.2, 0.25) is 0 Å². The Morgan fingerprint density at radius 2 is 1.02 bits per heavy atom. The van der Waals surface area contributed by atoms with Crippen LogP contribution >= 0.6 is 0 Å². The van der Waals surface area contributed by atoms with Gasteiger partial charge in [-0.1, -0.05) is 155 Å². The molecule has 5 heteroatoms. The summed E-state index contributed by atoms with van der Waals surface area (Å²) < 4.78 is 8.94. The van der Waals surface area contributed by atoms with Gasteiger partial charge in [0.25, 0.3) is 0 Å². The fourth-order valence-electron chi connectivity index (χ4n) is 10.1. The lowest BCUT2D eigenvalue weighted by Crippen LogP contribution is -2.33. The average molecular weight is 801 g/mol. The Morgan fingerprint density at radius 1 is 0.419 bits per heavy atom. The highest BCUT2D eigenvalue weighted by Gasteiger charge is 2.38. The number of benzene rings is 8. The van der Waals surface area contributed by atoms with Gasteiger partial charge < -0.3 is 8.98 Å².